The topological polar surface area (TPSA) is 75.7 Å². The molecule has 2 aromatic rings. The van der Waals surface area contributed by atoms with Crippen molar-refractivity contribution in [3.63, 3.8) is 0 Å². The Kier molecular flexibility index (Phi) is 5.66. The second kappa shape index (κ2) is 8.31. The summed E-state index contributed by atoms with van der Waals surface area (Å²) < 4.78 is 5.15. The van der Waals surface area contributed by atoms with E-state index in [2.05, 4.69) is 5.32 Å². The van der Waals surface area contributed by atoms with Crippen molar-refractivity contribution in [3.05, 3.63) is 65.7 Å². The Hall–Kier alpha value is -3.41. The number of nitrogens with zero attached hydrogens (tertiary/aromatic N) is 1. The lowest BCUT2D eigenvalue weighted by atomic mass is 10.2. The van der Waals surface area contributed by atoms with Gasteiger partial charge in [0.15, 0.2) is 0 Å². The van der Waals surface area contributed by atoms with Crippen molar-refractivity contribution in [2.24, 2.45) is 0 Å². The molecule has 6 heteroatoms. The number of anilines is 1. The lowest BCUT2D eigenvalue weighted by Crippen LogP contribution is -2.28. The maximum atomic E-state index is 12.1. The van der Waals surface area contributed by atoms with E-state index in [1.54, 1.807) is 37.5 Å². The number of likely N-dealkylation sites (tertiary alicyclic amines) is 1. The maximum Gasteiger partial charge on any atom is 0.248 e. The molecule has 3 amide bonds. The van der Waals surface area contributed by atoms with Gasteiger partial charge in [0.1, 0.15) is 5.75 Å². The van der Waals surface area contributed by atoms with Crippen molar-refractivity contribution < 1.29 is 19.1 Å². The number of imide groups is 1. The van der Waals surface area contributed by atoms with Crippen LogP contribution in [0.3, 0.4) is 0 Å². The standard InChI is InChI=1S/C21H20N2O4/c1-27-18-4-2-3-15(13-18)7-10-19(24)22-17-8-5-16(6-9-17)14-23-20(25)11-12-21(23)26/h2-10,13H,11-12,14H2,1H3,(H,22,24)/b10-7+. The highest BCUT2D eigenvalue weighted by Gasteiger charge is 2.28. The second-order valence-corrected chi connectivity index (χ2v) is 6.17. The Balaban J connectivity index is 1.57. The van der Waals surface area contributed by atoms with Gasteiger partial charge < -0.3 is 10.1 Å². The highest BCUT2D eigenvalue weighted by Crippen LogP contribution is 2.18. The van der Waals surface area contributed by atoms with Gasteiger partial charge in [-0.3, -0.25) is 19.3 Å². The molecule has 138 valence electrons. The van der Waals surface area contributed by atoms with Gasteiger partial charge >= 0.3 is 0 Å². The van der Waals surface area contributed by atoms with E-state index in [1.165, 1.54) is 11.0 Å². The van der Waals surface area contributed by atoms with Crippen LogP contribution in [0.15, 0.2) is 54.6 Å². The SMILES string of the molecule is COc1cccc(/C=C/C(=O)Nc2ccc(CN3C(=O)CCC3=O)cc2)c1. The van der Waals surface area contributed by atoms with Gasteiger partial charge in [-0.25, -0.2) is 0 Å². The Labute approximate surface area is 157 Å². The number of ether oxygens (including phenoxy) is 1. The molecule has 1 N–H and O–H groups in total. The zero-order valence-electron chi connectivity index (χ0n) is 15.0. The Morgan fingerprint density at radius 2 is 1.81 bits per heavy atom. The van der Waals surface area contributed by atoms with E-state index >= 15 is 0 Å². The summed E-state index contributed by atoms with van der Waals surface area (Å²) in [7, 11) is 1.59. The Morgan fingerprint density at radius 3 is 2.48 bits per heavy atom. The first kappa shape index (κ1) is 18.4. The summed E-state index contributed by atoms with van der Waals surface area (Å²) in [5.74, 6) is 0.193. The molecule has 1 heterocycles. The van der Waals surface area contributed by atoms with E-state index in [0.717, 1.165) is 16.9 Å². The number of nitrogens with one attached hydrogen (secondary N) is 1. The zero-order chi connectivity index (χ0) is 19.2. The van der Waals surface area contributed by atoms with E-state index in [1.807, 2.05) is 24.3 Å². The van der Waals surface area contributed by atoms with E-state index in [4.69, 9.17) is 4.74 Å². The molecule has 0 spiro atoms. The molecular formula is C21H20N2O4. The maximum absolute atomic E-state index is 12.1. The van der Waals surface area contributed by atoms with Gasteiger partial charge in [-0.2, -0.15) is 0 Å². The molecule has 0 bridgehead atoms. The Bertz CT molecular complexity index is 871. The van der Waals surface area contributed by atoms with Crippen molar-refractivity contribution in [1.29, 1.82) is 0 Å². The molecule has 1 fully saturated rings. The fourth-order valence-electron chi connectivity index (χ4n) is 2.78. The van der Waals surface area contributed by atoms with Crippen LogP contribution in [0.25, 0.3) is 6.08 Å². The van der Waals surface area contributed by atoms with E-state index in [0.29, 0.717) is 5.69 Å². The second-order valence-electron chi connectivity index (χ2n) is 6.17. The zero-order valence-corrected chi connectivity index (χ0v) is 15.0. The number of carbonyl (C=O) groups excluding carboxylic acids is 3. The van der Waals surface area contributed by atoms with Crippen molar-refractivity contribution in [1.82, 2.24) is 4.90 Å². The van der Waals surface area contributed by atoms with Crippen LogP contribution in [-0.2, 0) is 20.9 Å². The largest absolute Gasteiger partial charge is 0.497 e. The molecule has 27 heavy (non-hydrogen) atoms. The van der Waals surface area contributed by atoms with Gasteiger partial charge in [0.05, 0.1) is 13.7 Å². The monoisotopic (exact) mass is 364 g/mol. The molecule has 0 radical (unpaired) electrons. The van der Waals surface area contributed by atoms with Crippen LogP contribution in [-0.4, -0.2) is 29.7 Å². The highest BCUT2D eigenvalue weighted by atomic mass is 16.5. The quantitative estimate of drug-likeness (QED) is 0.632. The van der Waals surface area contributed by atoms with Crippen molar-refractivity contribution in [2.45, 2.75) is 19.4 Å². The van der Waals surface area contributed by atoms with E-state index < -0.39 is 0 Å². The number of hydrogen-bond donors (Lipinski definition) is 1. The Morgan fingerprint density at radius 1 is 1.11 bits per heavy atom. The first-order valence-electron chi connectivity index (χ1n) is 8.60. The fourth-order valence-corrected chi connectivity index (χ4v) is 2.78. The van der Waals surface area contributed by atoms with Gasteiger partial charge in [0, 0.05) is 24.6 Å². The highest BCUT2D eigenvalue weighted by molar-refractivity contribution is 6.02. The average molecular weight is 364 g/mol. The van der Waals surface area contributed by atoms with Gasteiger partial charge in [-0.15, -0.1) is 0 Å². The molecule has 0 unspecified atom stereocenters. The third-order valence-electron chi connectivity index (χ3n) is 4.24. The van der Waals surface area contributed by atoms with Crippen LogP contribution in [0.2, 0.25) is 0 Å². The number of methoxy groups -OCH3 is 1. The first-order valence-corrected chi connectivity index (χ1v) is 8.60. The molecule has 0 aliphatic carbocycles. The number of hydrogen-bond acceptors (Lipinski definition) is 4. The van der Waals surface area contributed by atoms with Gasteiger partial charge in [-0.05, 0) is 41.5 Å². The summed E-state index contributed by atoms with van der Waals surface area (Å²) in [4.78, 5) is 36.7. The van der Waals surface area contributed by atoms with Crippen LogP contribution in [0, 0.1) is 0 Å². The summed E-state index contributed by atoms with van der Waals surface area (Å²) in [5.41, 5.74) is 2.33. The average Bonchev–Trinajstić information content (AvgIpc) is 3.00. The van der Waals surface area contributed by atoms with Crippen molar-refractivity contribution >= 4 is 29.5 Å². The third kappa shape index (κ3) is 4.82. The van der Waals surface area contributed by atoms with Crippen LogP contribution in [0.5, 0.6) is 5.75 Å². The normalized spacial score (nSPS) is 14.0. The summed E-state index contributed by atoms with van der Waals surface area (Å²) in [5, 5.41) is 2.77. The van der Waals surface area contributed by atoms with Gasteiger partial charge in [-0.1, -0.05) is 24.3 Å². The van der Waals surface area contributed by atoms with Crippen LogP contribution in [0.4, 0.5) is 5.69 Å². The van der Waals surface area contributed by atoms with Crippen LogP contribution in [0.1, 0.15) is 24.0 Å². The van der Waals surface area contributed by atoms with Crippen LogP contribution >= 0.6 is 0 Å². The molecular weight excluding hydrogens is 344 g/mol. The lowest BCUT2D eigenvalue weighted by Gasteiger charge is -2.14. The van der Waals surface area contributed by atoms with E-state index in [-0.39, 0.29) is 37.1 Å². The fraction of sp³-hybridized carbons (Fsp3) is 0.190. The van der Waals surface area contributed by atoms with Crippen molar-refractivity contribution in [3.8, 4) is 5.75 Å². The summed E-state index contributed by atoms with van der Waals surface area (Å²) in [6, 6.07) is 14.5. The number of amides is 3. The van der Waals surface area contributed by atoms with Crippen molar-refractivity contribution in [2.75, 3.05) is 12.4 Å². The van der Waals surface area contributed by atoms with Gasteiger partial charge in [0.2, 0.25) is 17.7 Å². The summed E-state index contributed by atoms with van der Waals surface area (Å²) in [6.07, 6.45) is 3.72. The first-order chi connectivity index (χ1) is 13.0. The number of carbonyl (C=O) groups is 3. The number of benzene rings is 2. The third-order valence-corrected chi connectivity index (χ3v) is 4.24. The minimum atomic E-state index is -0.254. The molecule has 0 aromatic heterocycles. The summed E-state index contributed by atoms with van der Waals surface area (Å²) in [6.45, 7) is 0.266. The molecule has 0 atom stereocenters. The lowest BCUT2D eigenvalue weighted by molar-refractivity contribution is -0.139. The summed E-state index contributed by atoms with van der Waals surface area (Å²) >= 11 is 0. The minimum Gasteiger partial charge on any atom is -0.497 e. The number of rotatable bonds is 6. The molecule has 6 nitrogen and oxygen atoms in total. The predicted octanol–water partition coefficient (Wildman–Crippen LogP) is 3.00. The molecule has 0 saturated carbocycles. The molecule has 1 aliphatic heterocycles. The molecule has 1 aliphatic rings. The predicted molar refractivity (Wildman–Crippen MR) is 102 cm³/mol. The molecule has 1 saturated heterocycles. The van der Waals surface area contributed by atoms with Crippen LogP contribution < -0.4 is 10.1 Å². The molecule has 3 rings (SSSR count). The molecule has 2 aromatic carbocycles. The minimum absolute atomic E-state index is 0.139. The van der Waals surface area contributed by atoms with E-state index in [9.17, 15) is 14.4 Å². The smallest absolute Gasteiger partial charge is 0.248 e. The van der Waals surface area contributed by atoms with Gasteiger partial charge in [0.25, 0.3) is 0 Å².